The van der Waals surface area contributed by atoms with Gasteiger partial charge in [0.2, 0.25) is 0 Å². The van der Waals surface area contributed by atoms with Gasteiger partial charge in [-0.1, -0.05) is 44.0 Å². The van der Waals surface area contributed by atoms with Gasteiger partial charge >= 0.3 is 0 Å². The van der Waals surface area contributed by atoms with Gasteiger partial charge in [-0.05, 0) is 60.2 Å². The summed E-state index contributed by atoms with van der Waals surface area (Å²) in [6, 6.07) is 20.8. The van der Waals surface area contributed by atoms with Crippen molar-refractivity contribution < 1.29 is 9.72 Å². The van der Waals surface area contributed by atoms with Crippen molar-refractivity contribution in [2.24, 2.45) is 0 Å². The average Bonchev–Trinajstić information content (AvgIpc) is 3.06. The molecule has 0 saturated carbocycles. The Morgan fingerprint density at radius 3 is 2.20 bits per heavy atom. The van der Waals surface area contributed by atoms with Gasteiger partial charge in [0.1, 0.15) is 5.70 Å². The van der Waals surface area contributed by atoms with Crippen LogP contribution in [-0.4, -0.2) is 10.8 Å². The molecule has 1 aliphatic heterocycles. The number of nitrogens with zero attached hydrogens (tertiary/aromatic N) is 2. The first-order chi connectivity index (χ1) is 14.4. The maximum atomic E-state index is 13.3. The van der Waals surface area contributed by atoms with Gasteiger partial charge in [0.05, 0.1) is 11.0 Å². The number of anilines is 2. The van der Waals surface area contributed by atoms with Crippen molar-refractivity contribution in [1.29, 1.82) is 0 Å². The molecule has 1 N–H and O–H groups in total. The summed E-state index contributed by atoms with van der Waals surface area (Å²) in [5, 5.41) is 14.4. The number of rotatable bonds is 5. The van der Waals surface area contributed by atoms with Crippen LogP contribution in [0.3, 0.4) is 0 Å². The second-order valence-electron chi connectivity index (χ2n) is 6.66. The number of amides is 1. The van der Waals surface area contributed by atoms with Gasteiger partial charge in [-0.3, -0.25) is 19.8 Å². The van der Waals surface area contributed by atoms with Crippen LogP contribution in [0.15, 0.2) is 93.5 Å². The highest BCUT2D eigenvalue weighted by molar-refractivity contribution is 9.10. The number of carbonyl (C=O) groups is 1. The van der Waals surface area contributed by atoms with Gasteiger partial charge in [0.25, 0.3) is 11.6 Å². The molecule has 0 fully saturated rings. The van der Waals surface area contributed by atoms with Crippen molar-refractivity contribution in [2.45, 2.75) is 6.04 Å². The third kappa shape index (κ3) is 4.15. The molecule has 0 unspecified atom stereocenters. The molecule has 6 nitrogen and oxygen atoms in total. The van der Waals surface area contributed by atoms with Gasteiger partial charge in [-0.15, -0.1) is 0 Å². The number of halogens is 2. The molecule has 3 aromatic rings. The molecule has 0 aromatic heterocycles. The molecule has 3 aromatic carbocycles. The zero-order valence-electron chi connectivity index (χ0n) is 15.5. The van der Waals surface area contributed by atoms with Crippen LogP contribution in [0.1, 0.15) is 11.6 Å². The molecule has 4 rings (SSSR count). The maximum absolute atomic E-state index is 13.3. The number of hydrogen-bond donors (Lipinski definition) is 1. The highest BCUT2D eigenvalue weighted by Crippen LogP contribution is 2.37. The molecule has 30 heavy (non-hydrogen) atoms. The van der Waals surface area contributed by atoms with E-state index in [9.17, 15) is 14.9 Å². The van der Waals surface area contributed by atoms with E-state index in [0.29, 0.717) is 16.9 Å². The van der Waals surface area contributed by atoms with Crippen LogP contribution in [0.5, 0.6) is 0 Å². The molecule has 1 atom stereocenters. The number of carbonyl (C=O) groups excluding carboxylic acids is 1. The Labute approximate surface area is 189 Å². The SMILES string of the molecule is O=C1C(Nc2ccc(Br)cc2)=C[C@@H](c2cccc([N+](=O)[O-])c2)N1c1ccc(Br)cc1. The minimum Gasteiger partial charge on any atom is -0.351 e. The van der Waals surface area contributed by atoms with Crippen molar-refractivity contribution in [1.82, 2.24) is 0 Å². The highest BCUT2D eigenvalue weighted by Gasteiger charge is 2.35. The van der Waals surface area contributed by atoms with Gasteiger partial charge in [0, 0.05) is 32.5 Å². The number of hydrogen-bond acceptors (Lipinski definition) is 4. The van der Waals surface area contributed by atoms with E-state index in [1.165, 1.54) is 12.1 Å². The molecule has 8 heteroatoms. The quantitative estimate of drug-likeness (QED) is 0.316. The molecule has 0 aliphatic carbocycles. The van der Waals surface area contributed by atoms with Crippen LogP contribution in [0, 0.1) is 10.1 Å². The van der Waals surface area contributed by atoms with E-state index < -0.39 is 11.0 Å². The first-order valence-corrected chi connectivity index (χ1v) is 10.6. The molecule has 1 heterocycles. The van der Waals surface area contributed by atoms with E-state index in [4.69, 9.17) is 0 Å². The van der Waals surface area contributed by atoms with E-state index in [1.807, 2.05) is 48.5 Å². The molecule has 0 spiro atoms. The van der Waals surface area contributed by atoms with E-state index in [0.717, 1.165) is 14.6 Å². The Bertz CT molecular complexity index is 1150. The molecule has 150 valence electrons. The lowest BCUT2D eigenvalue weighted by Gasteiger charge is -2.25. The molecular formula is C22H15Br2N3O3. The Morgan fingerprint density at radius 1 is 0.933 bits per heavy atom. The average molecular weight is 529 g/mol. The summed E-state index contributed by atoms with van der Waals surface area (Å²) < 4.78 is 1.83. The highest BCUT2D eigenvalue weighted by atomic mass is 79.9. The van der Waals surface area contributed by atoms with Crippen LogP contribution < -0.4 is 10.2 Å². The molecular weight excluding hydrogens is 514 g/mol. The minimum absolute atomic E-state index is 0.0153. The van der Waals surface area contributed by atoms with Crippen LogP contribution in [0.2, 0.25) is 0 Å². The zero-order chi connectivity index (χ0) is 21.3. The monoisotopic (exact) mass is 527 g/mol. The largest absolute Gasteiger partial charge is 0.351 e. The topological polar surface area (TPSA) is 75.5 Å². The number of nitro benzene ring substituents is 1. The van der Waals surface area contributed by atoms with Gasteiger partial charge in [0.15, 0.2) is 0 Å². The van der Waals surface area contributed by atoms with E-state index in [-0.39, 0.29) is 11.6 Å². The van der Waals surface area contributed by atoms with Crippen molar-refractivity contribution in [2.75, 3.05) is 10.2 Å². The summed E-state index contributed by atoms with van der Waals surface area (Å²) in [5.74, 6) is -0.211. The predicted octanol–water partition coefficient (Wildman–Crippen LogP) is 6.20. The first-order valence-electron chi connectivity index (χ1n) is 9.00. The fourth-order valence-corrected chi connectivity index (χ4v) is 3.82. The Morgan fingerprint density at radius 2 is 1.57 bits per heavy atom. The smallest absolute Gasteiger partial charge is 0.275 e. The number of benzene rings is 3. The molecule has 1 amide bonds. The van der Waals surface area contributed by atoms with Crippen LogP contribution in [0.25, 0.3) is 0 Å². The Hall–Kier alpha value is -2.97. The summed E-state index contributed by atoms with van der Waals surface area (Å²) in [4.78, 5) is 25.7. The fraction of sp³-hybridized carbons (Fsp3) is 0.0455. The third-order valence-electron chi connectivity index (χ3n) is 4.70. The Kier molecular flexibility index (Phi) is 5.69. The van der Waals surface area contributed by atoms with Crippen molar-refractivity contribution >= 4 is 54.8 Å². The summed E-state index contributed by atoms with van der Waals surface area (Å²) in [6.45, 7) is 0. The second kappa shape index (κ2) is 8.41. The lowest BCUT2D eigenvalue weighted by molar-refractivity contribution is -0.384. The van der Waals surface area contributed by atoms with Gasteiger partial charge < -0.3 is 5.32 Å². The zero-order valence-corrected chi connectivity index (χ0v) is 18.6. The maximum Gasteiger partial charge on any atom is 0.275 e. The standard InChI is InChI=1S/C22H15Br2N3O3/c23-15-4-8-17(9-5-15)25-20-13-21(14-2-1-3-19(12-14)27(29)30)26(22(20)28)18-10-6-16(24)7-11-18/h1-13,21,25H/t21-/m0/s1. The van der Waals surface area contributed by atoms with Crippen LogP contribution in [0.4, 0.5) is 17.1 Å². The lowest BCUT2D eigenvalue weighted by atomic mass is 10.1. The van der Waals surface area contributed by atoms with Crippen molar-refractivity contribution in [3.05, 3.63) is 109 Å². The van der Waals surface area contributed by atoms with Gasteiger partial charge in [-0.25, -0.2) is 0 Å². The third-order valence-corrected chi connectivity index (χ3v) is 5.76. The summed E-state index contributed by atoms with van der Waals surface area (Å²) in [5.41, 5.74) is 2.53. The van der Waals surface area contributed by atoms with Crippen molar-refractivity contribution in [3.8, 4) is 0 Å². The summed E-state index contributed by atoms with van der Waals surface area (Å²) in [6.07, 6.45) is 1.80. The van der Waals surface area contributed by atoms with Crippen LogP contribution >= 0.6 is 31.9 Å². The minimum atomic E-state index is -0.475. The second-order valence-corrected chi connectivity index (χ2v) is 8.49. The van der Waals surface area contributed by atoms with Crippen LogP contribution in [-0.2, 0) is 4.79 Å². The van der Waals surface area contributed by atoms with Crippen molar-refractivity contribution in [3.63, 3.8) is 0 Å². The Balaban J connectivity index is 1.75. The molecule has 1 aliphatic rings. The molecule has 0 saturated heterocycles. The number of non-ortho nitro benzene ring substituents is 1. The normalized spacial score (nSPS) is 15.8. The van der Waals surface area contributed by atoms with E-state index in [2.05, 4.69) is 37.2 Å². The number of nitrogens with one attached hydrogen (secondary N) is 1. The number of nitro groups is 1. The summed E-state index contributed by atoms with van der Waals surface area (Å²) >= 11 is 6.81. The van der Waals surface area contributed by atoms with Gasteiger partial charge in [-0.2, -0.15) is 0 Å². The fourth-order valence-electron chi connectivity index (χ4n) is 3.29. The van der Waals surface area contributed by atoms with E-state index in [1.54, 1.807) is 23.1 Å². The molecule has 0 radical (unpaired) electrons. The van der Waals surface area contributed by atoms with E-state index >= 15 is 0 Å². The lowest BCUT2D eigenvalue weighted by Crippen LogP contribution is -2.30. The first kappa shape index (κ1) is 20.3. The summed E-state index contributed by atoms with van der Waals surface area (Å²) in [7, 11) is 0. The predicted molar refractivity (Wildman–Crippen MR) is 123 cm³/mol. The molecule has 0 bridgehead atoms.